The Labute approximate surface area is 191 Å². The van der Waals surface area contributed by atoms with Crippen molar-refractivity contribution in [3.05, 3.63) is 71.2 Å². The number of hydrogen-bond acceptors (Lipinski definition) is 6. The predicted octanol–water partition coefficient (Wildman–Crippen LogP) is 5.35. The number of phenols is 1. The first-order valence-corrected chi connectivity index (χ1v) is 9.98. The standard InChI is InChI=1S/C17H12Br2N4O3S.BrH/c1-20-17-22(21-8-11-6-12(18)7-14(19)16(11)24)15(9-27-17)10-2-4-13(5-3-10)23(25)26;/h2-9,24H,1H3;1H/b20-17?,21-8+;. The molecule has 146 valence electrons. The van der Waals surface area contributed by atoms with Gasteiger partial charge in [-0.25, -0.2) is 4.68 Å². The third kappa shape index (κ3) is 4.77. The SMILES string of the molecule is Br.CN=c1scc(-c2ccc([N+](=O)[O-])cc2)n1/N=C/c1cc(Br)cc(Br)c1O. The van der Waals surface area contributed by atoms with E-state index in [-0.39, 0.29) is 28.4 Å². The van der Waals surface area contributed by atoms with Crippen molar-refractivity contribution >= 4 is 72.1 Å². The molecule has 0 saturated carbocycles. The van der Waals surface area contributed by atoms with E-state index in [0.29, 0.717) is 14.8 Å². The minimum atomic E-state index is -0.440. The highest BCUT2D eigenvalue weighted by atomic mass is 79.9. The molecule has 0 atom stereocenters. The number of halogens is 3. The number of non-ortho nitro benzene ring substituents is 1. The number of thiazole rings is 1. The van der Waals surface area contributed by atoms with Crippen LogP contribution in [0.5, 0.6) is 5.75 Å². The van der Waals surface area contributed by atoms with Crippen molar-refractivity contribution in [1.82, 2.24) is 4.68 Å². The molecule has 1 heterocycles. The van der Waals surface area contributed by atoms with Crippen LogP contribution in [0.2, 0.25) is 0 Å². The van der Waals surface area contributed by atoms with Gasteiger partial charge in [0.2, 0.25) is 4.80 Å². The smallest absolute Gasteiger partial charge is 0.269 e. The van der Waals surface area contributed by atoms with Gasteiger partial charge in [-0.05, 0) is 40.2 Å². The van der Waals surface area contributed by atoms with E-state index < -0.39 is 4.92 Å². The Kier molecular flexibility index (Phi) is 7.70. The summed E-state index contributed by atoms with van der Waals surface area (Å²) in [4.78, 5) is 15.3. The minimum absolute atomic E-state index is 0. The van der Waals surface area contributed by atoms with E-state index in [4.69, 9.17) is 0 Å². The van der Waals surface area contributed by atoms with Crippen LogP contribution < -0.4 is 4.80 Å². The Bertz CT molecular complexity index is 1110. The van der Waals surface area contributed by atoms with E-state index in [1.807, 2.05) is 5.38 Å². The molecule has 2 aromatic carbocycles. The van der Waals surface area contributed by atoms with Crippen molar-refractivity contribution in [2.75, 3.05) is 7.05 Å². The predicted molar refractivity (Wildman–Crippen MR) is 123 cm³/mol. The van der Waals surface area contributed by atoms with Gasteiger partial charge in [-0.3, -0.25) is 15.1 Å². The van der Waals surface area contributed by atoms with E-state index in [9.17, 15) is 15.2 Å². The molecule has 0 amide bonds. The molecule has 0 aliphatic carbocycles. The molecule has 28 heavy (non-hydrogen) atoms. The zero-order valence-electron chi connectivity index (χ0n) is 14.2. The average molecular weight is 593 g/mol. The number of aromatic nitrogens is 1. The molecule has 1 aromatic heterocycles. The molecule has 3 aromatic rings. The third-order valence-electron chi connectivity index (χ3n) is 3.62. The highest BCUT2D eigenvalue weighted by Crippen LogP contribution is 2.31. The Balaban J connectivity index is 0.00000280. The maximum atomic E-state index is 10.8. The van der Waals surface area contributed by atoms with Crippen molar-refractivity contribution in [2.24, 2.45) is 10.1 Å². The second kappa shape index (κ2) is 9.59. The van der Waals surface area contributed by atoms with Crippen LogP contribution in [0, 0.1) is 10.1 Å². The molecule has 7 nitrogen and oxygen atoms in total. The molecular weight excluding hydrogens is 580 g/mol. The molecule has 0 unspecified atom stereocenters. The molecule has 3 rings (SSSR count). The van der Waals surface area contributed by atoms with Crippen molar-refractivity contribution in [3.63, 3.8) is 0 Å². The number of nitro benzene ring substituents is 1. The monoisotopic (exact) mass is 590 g/mol. The fraction of sp³-hybridized carbons (Fsp3) is 0.0588. The summed E-state index contributed by atoms with van der Waals surface area (Å²) in [5, 5.41) is 27.4. The summed E-state index contributed by atoms with van der Waals surface area (Å²) in [7, 11) is 1.66. The van der Waals surface area contributed by atoms with Crippen LogP contribution in [0.1, 0.15) is 5.56 Å². The summed E-state index contributed by atoms with van der Waals surface area (Å²) < 4.78 is 2.96. The fourth-order valence-corrected chi connectivity index (χ4v) is 4.38. The second-order valence-electron chi connectivity index (χ2n) is 5.31. The zero-order valence-corrected chi connectivity index (χ0v) is 19.9. The average Bonchev–Trinajstić information content (AvgIpc) is 3.06. The normalized spacial score (nSPS) is 11.6. The van der Waals surface area contributed by atoms with E-state index >= 15 is 0 Å². The summed E-state index contributed by atoms with van der Waals surface area (Å²) in [5.74, 6) is 0.0738. The number of aromatic hydroxyl groups is 1. The zero-order chi connectivity index (χ0) is 19.6. The fourth-order valence-electron chi connectivity index (χ4n) is 2.32. The van der Waals surface area contributed by atoms with Crippen molar-refractivity contribution < 1.29 is 10.0 Å². The first-order valence-electron chi connectivity index (χ1n) is 7.51. The van der Waals surface area contributed by atoms with E-state index in [0.717, 1.165) is 15.7 Å². The first-order chi connectivity index (χ1) is 12.9. The van der Waals surface area contributed by atoms with Crippen molar-refractivity contribution in [3.8, 4) is 17.0 Å². The van der Waals surface area contributed by atoms with Gasteiger partial charge in [-0.15, -0.1) is 28.3 Å². The van der Waals surface area contributed by atoms with Crippen LogP contribution in [-0.4, -0.2) is 28.0 Å². The Morgan fingerprint density at radius 2 is 1.93 bits per heavy atom. The Morgan fingerprint density at radius 3 is 2.54 bits per heavy atom. The summed E-state index contributed by atoms with van der Waals surface area (Å²) >= 11 is 8.07. The number of nitro groups is 1. The molecule has 1 N–H and O–H groups in total. The molecule has 0 aliphatic heterocycles. The van der Waals surface area contributed by atoms with Gasteiger partial charge in [0.15, 0.2) is 0 Å². The lowest BCUT2D eigenvalue weighted by atomic mass is 10.1. The van der Waals surface area contributed by atoms with Gasteiger partial charge in [-0.1, -0.05) is 15.9 Å². The second-order valence-corrected chi connectivity index (χ2v) is 7.92. The summed E-state index contributed by atoms with van der Waals surface area (Å²) in [5.41, 5.74) is 2.05. The van der Waals surface area contributed by atoms with Gasteiger partial charge in [0.25, 0.3) is 5.69 Å². The van der Waals surface area contributed by atoms with Gasteiger partial charge in [0, 0.05) is 40.2 Å². The quantitative estimate of drug-likeness (QED) is 0.252. The highest BCUT2D eigenvalue weighted by molar-refractivity contribution is 9.11. The molecular formula is C17H13Br3N4O3S. The van der Waals surface area contributed by atoms with E-state index in [1.165, 1.54) is 29.7 Å². The van der Waals surface area contributed by atoms with Gasteiger partial charge < -0.3 is 5.11 Å². The lowest BCUT2D eigenvalue weighted by molar-refractivity contribution is -0.384. The lowest BCUT2D eigenvalue weighted by Crippen LogP contribution is -2.11. The van der Waals surface area contributed by atoms with Crippen LogP contribution in [-0.2, 0) is 0 Å². The maximum Gasteiger partial charge on any atom is 0.269 e. The van der Waals surface area contributed by atoms with Crippen LogP contribution in [0.25, 0.3) is 11.3 Å². The van der Waals surface area contributed by atoms with Gasteiger partial charge in [0.1, 0.15) is 5.75 Å². The maximum absolute atomic E-state index is 10.8. The number of hydrogen-bond donors (Lipinski definition) is 1. The number of rotatable bonds is 4. The number of benzene rings is 2. The molecule has 0 saturated heterocycles. The van der Waals surface area contributed by atoms with E-state index in [2.05, 4.69) is 42.0 Å². The summed E-state index contributed by atoms with van der Waals surface area (Å²) in [6.07, 6.45) is 1.53. The Morgan fingerprint density at radius 1 is 1.25 bits per heavy atom. The van der Waals surface area contributed by atoms with Crippen LogP contribution in [0.4, 0.5) is 5.69 Å². The highest BCUT2D eigenvalue weighted by Gasteiger charge is 2.11. The van der Waals surface area contributed by atoms with E-state index in [1.54, 1.807) is 36.0 Å². The first kappa shape index (κ1) is 22.5. The summed E-state index contributed by atoms with van der Waals surface area (Å²) in [6.45, 7) is 0. The topological polar surface area (TPSA) is 93.0 Å². The van der Waals surface area contributed by atoms with Crippen LogP contribution in [0.3, 0.4) is 0 Å². The molecule has 11 heteroatoms. The van der Waals surface area contributed by atoms with Crippen LogP contribution >= 0.6 is 60.2 Å². The van der Waals surface area contributed by atoms with Gasteiger partial charge >= 0.3 is 0 Å². The number of nitrogens with zero attached hydrogens (tertiary/aromatic N) is 4. The lowest BCUT2D eigenvalue weighted by Gasteiger charge is -2.05. The summed E-state index contributed by atoms with van der Waals surface area (Å²) in [6, 6.07) is 9.70. The van der Waals surface area contributed by atoms with Crippen molar-refractivity contribution in [1.29, 1.82) is 0 Å². The Hall–Kier alpha value is -1.82. The molecule has 0 bridgehead atoms. The number of phenolic OH excluding ortho intramolecular Hbond substituents is 1. The largest absolute Gasteiger partial charge is 0.506 e. The molecule has 0 spiro atoms. The van der Waals surface area contributed by atoms with Crippen LogP contribution in [0.15, 0.2) is 60.8 Å². The van der Waals surface area contributed by atoms with Crippen molar-refractivity contribution in [2.45, 2.75) is 0 Å². The molecule has 0 aliphatic rings. The third-order valence-corrected chi connectivity index (χ3v) is 5.59. The minimum Gasteiger partial charge on any atom is -0.506 e. The van der Waals surface area contributed by atoms with Gasteiger partial charge in [0.05, 0.1) is 21.3 Å². The molecule has 0 radical (unpaired) electrons. The molecule has 0 fully saturated rings. The van der Waals surface area contributed by atoms with Gasteiger partial charge in [-0.2, -0.15) is 5.10 Å².